The van der Waals surface area contributed by atoms with Gasteiger partial charge in [-0.2, -0.15) is 0 Å². The van der Waals surface area contributed by atoms with E-state index in [-0.39, 0.29) is 0 Å². The zero-order valence-electron chi connectivity index (χ0n) is 33.3. The van der Waals surface area contributed by atoms with E-state index in [4.69, 9.17) is 19.4 Å². The molecule has 2 aliphatic rings. The molecule has 1 spiro atoms. The molecule has 288 valence electrons. The molecule has 1 atom stereocenters. The minimum Gasteiger partial charge on any atom is -0.456 e. The number of furan rings is 1. The number of fused-ring (bicyclic) bond motifs is 15. The van der Waals surface area contributed by atoms with Crippen molar-refractivity contribution in [2.45, 2.75) is 5.41 Å². The van der Waals surface area contributed by atoms with Gasteiger partial charge in [-0.05, 0) is 97.1 Å². The quantitative estimate of drug-likeness (QED) is 0.178. The predicted octanol–water partition coefficient (Wildman–Crippen LogP) is 13.8. The summed E-state index contributed by atoms with van der Waals surface area (Å²) < 4.78 is 6.69. The van der Waals surface area contributed by atoms with Crippen molar-refractivity contribution in [3.05, 3.63) is 229 Å². The third-order valence-electron chi connectivity index (χ3n) is 12.9. The average Bonchev–Trinajstić information content (AvgIpc) is 3.82. The van der Waals surface area contributed by atoms with Crippen molar-refractivity contribution in [3.63, 3.8) is 0 Å². The van der Waals surface area contributed by atoms with Crippen LogP contribution in [0.25, 0.3) is 101 Å². The molecule has 5 nitrogen and oxygen atoms in total. The summed E-state index contributed by atoms with van der Waals surface area (Å²) in [5, 5.41) is 2.23. The first-order chi connectivity index (χ1) is 30.7. The first kappa shape index (κ1) is 34.6. The van der Waals surface area contributed by atoms with Crippen LogP contribution in [0.15, 0.2) is 211 Å². The molecule has 0 aliphatic heterocycles. The maximum absolute atomic E-state index is 6.69. The van der Waals surface area contributed by atoms with Gasteiger partial charge in [0.25, 0.3) is 0 Å². The minimum absolute atomic E-state index is 0.605. The molecular weight excluding hydrogens is 757 g/mol. The highest BCUT2D eigenvalue weighted by Crippen LogP contribution is 2.62. The summed E-state index contributed by atoms with van der Waals surface area (Å²) in [6, 6.07) is 69.1. The van der Waals surface area contributed by atoms with E-state index in [0.29, 0.717) is 17.5 Å². The zero-order valence-corrected chi connectivity index (χ0v) is 33.3. The maximum atomic E-state index is 6.69. The highest BCUT2D eigenvalue weighted by Gasteiger charge is 2.50. The molecule has 13 rings (SSSR count). The SMILES string of the molecule is c1ccc(-c2nc(-c3ccc(-c4cccnc4)cc3)nc(-c3ccc4c(c3)C3(c5ccccc5-c5ccccc5-4)c4ccccc4-c4cc5c(cc43)oc3ccccc35)n2)cc1. The first-order valence-corrected chi connectivity index (χ1v) is 20.9. The average molecular weight is 791 g/mol. The molecule has 0 bridgehead atoms. The summed E-state index contributed by atoms with van der Waals surface area (Å²) in [7, 11) is 0. The summed E-state index contributed by atoms with van der Waals surface area (Å²) >= 11 is 0. The fourth-order valence-electron chi connectivity index (χ4n) is 10.1. The Bertz CT molecular complexity index is 3580. The van der Waals surface area contributed by atoms with Gasteiger partial charge in [-0.3, -0.25) is 4.98 Å². The molecular formula is C57H34N4O. The van der Waals surface area contributed by atoms with Gasteiger partial charge in [0.1, 0.15) is 11.2 Å². The second-order valence-electron chi connectivity index (χ2n) is 16.1. The number of hydrogen-bond acceptors (Lipinski definition) is 5. The lowest BCUT2D eigenvalue weighted by Gasteiger charge is -2.35. The molecule has 3 heterocycles. The van der Waals surface area contributed by atoms with E-state index in [1.807, 2.05) is 36.5 Å². The first-order valence-electron chi connectivity index (χ1n) is 20.9. The summed E-state index contributed by atoms with van der Waals surface area (Å²) in [6.07, 6.45) is 3.67. The molecule has 1 unspecified atom stereocenters. The Morgan fingerprint density at radius 3 is 1.56 bits per heavy atom. The van der Waals surface area contributed by atoms with Crippen LogP contribution in [0.3, 0.4) is 0 Å². The van der Waals surface area contributed by atoms with E-state index < -0.39 is 5.41 Å². The van der Waals surface area contributed by atoms with Crippen LogP contribution in [0, 0.1) is 0 Å². The molecule has 11 aromatic rings. The largest absolute Gasteiger partial charge is 0.456 e. The van der Waals surface area contributed by atoms with E-state index in [9.17, 15) is 0 Å². The van der Waals surface area contributed by atoms with Crippen molar-refractivity contribution in [3.8, 4) is 78.7 Å². The van der Waals surface area contributed by atoms with E-state index in [2.05, 4.69) is 169 Å². The zero-order chi connectivity index (χ0) is 40.8. The number of nitrogens with zero attached hydrogens (tertiary/aromatic N) is 4. The fraction of sp³-hybridized carbons (Fsp3) is 0.0175. The van der Waals surface area contributed by atoms with Crippen LogP contribution in [0.5, 0.6) is 0 Å². The molecule has 5 heteroatoms. The molecule has 2 aliphatic carbocycles. The number of hydrogen-bond donors (Lipinski definition) is 0. The third kappa shape index (κ3) is 5.02. The van der Waals surface area contributed by atoms with Crippen molar-refractivity contribution in [1.29, 1.82) is 0 Å². The van der Waals surface area contributed by atoms with Gasteiger partial charge in [-0.15, -0.1) is 0 Å². The van der Waals surface area contributed by atoms with E-state index >= 15 is 0 Å². The van der Waals surface area contributed by atoms with Crippen molar-refractivity contribution >= 4 is 21.9 Å². The minimum atomic E-state index is -0.722. The van der Waals surface area contributed by atoms with Gasteiger partial charge in [0, 0.05) is 39.9 Å². The van der Waals surface area contributed by atoms with Crippen LogP contribution in [0.2, 0.25) is 0 Å². The highest BCUT2D eigenvalue weighted by atomic mass is 16.3. The van der Waals surface area contributed by atoms with Crippen molar-refractivity contribution in [2.75, 3.05) is 0 Å². The van der Waals surface area contributed by atoms with Crippen LogP contribution in [0.4, 0.5) is 0 Å². The molecule has 0 radical (unpaired) electrons. The molecule has 0 saturated heterocycles. The number of benzene rings is 8. The van der Waals surface area contributed by atoms with Gasteiger partial charge < -0.3 is 4.42 Å². The second kappa shape index (κ2) is 13.4. The molecule has 0 fully saturated rings. The van der Waals surface area contributed by atoms with Gasteiger partial charge in [-0.25, -0.2) is 15.0 Å². The molecule has 0 amide bonds. The lowest BCUT2D eigenvalue weighted by molar-refractivity contribution is 0.666. The fourth-order valence-corrected chi connectivity index (χ4v) is 10.1. The van der Waals surface area contributed by atoms with Gasteiger partial charge >= 0.3 is 0 Å². The maximum Gasteiger partial charge on any atom is 0.164 e. The van der Waals surface area contributed by atoms with Crippen molar-refractivity contribution in [1.82, 2.24) is 19.9 Å². The number of para-hydroxylation sites is 1. The Balaban J connectivity index is 1.10. The van der Waals surface area contributed by atoms with Crippen molar-refractivity contribution < 1.29 is 4.42 Å². The topological polar surface area (TPSA) is 64.7 Å². The summed E-state index contributed by atoms with van der Waals surface area (Å²) in [6.45, 7) is 0. The molecule has 3 aromatic heterocycles. The summed E-state index contributed by atoms with van der Waals surface area (Å²) in [5.41, 5.74) is 17.9. The normalized spacial score (nSPS) is 14.5. The third-order valence-corrected chi connectivity index (χ3v) is 12.9. The molecule has 62 heavy (non-hydrogen) atoms. The van der Waals surface area contributed by atoms with Crippen LogP contribution >= 0.6 is 0 Å². The monoisotopic (exact) mass is 790 g/mol. The van der Waals surface area contributed by atoms with Crippen molar-refractivity contribution in [2.24, 2.45) is 0 Å². The number of rotatable bonds is 4. The van der Waals surface area contributed by atoms with Crippen LogP contribution in [-0.2, 0) is 5.41 Å². The van der Waals surface area contributed by atoms with Gasteiger partial charge in [0.15, 0.2) is 17.5 Å². The van der Waals surface area contributed by atoms with Gasteiger partial charge in [0.2, 0.25) is 0 Å². The second-order valence-corrected chi connectivity index (χ2v) is 16.1. The van der Waals surface area contributed by atoms with E-state index in [1.165, 1.54) is 44.5 Å². The van der Waals surface area contributed by atoms with E-state index in [0.717, 1.165) is 60.9 Å². The van der Waals surface area contributed by atoms with Crippen LogP contribution in [-0.4, -0.2) is 19.9 Å². The number of aromatic nitrogens is 4. The Kier molecular flexibility index (Phi) is 7.45. The standard InChI is InChI=1S/C57H34N4O/c1-2-13-36(14-3-1)54-59-55(37-26-24-35(25-27-37)39-15-12-30-58-34-39)61-56(60-54)38-28-29-44-41-17-5-4-16-40(41)42-18-6-9-21-48(42)57(50(44)31-38)49-22-10-7-19-43(49)46-32-47-45-20-8-11-23-52(45)62-53(47)33-51(46)57/h1-34H. The van der Waals surface area contributed by atoms with Gasteiger partial charge in [-0.1, -0.05) is 164 Å². The van der Waals surface area contributed by atoms with Crippen LogP contribution in [0.1, 0.15) is 22.3 Å². The Morgan fingerprint density at radius 2 is 0.855 bits per heavy atom. The summed E-state index contributed by atoms with van der Waals surface area (Å²) in [5.74, 6) is 1.83. The lowest BCUT2D eigenvalue weighted by Crippen LogP contribution is -2.29. The Hall–Kier alpha value is -8.28. The predicted molar refractivity (Wildman–Crippen MR) is 248 cm³/mol. The molecule has 0 saturated carbocycles. The highest BCUT2D eigenvalue weighted by molar-refractivity contribution is 6.09. The van der Waals surface area contributed by atoms with Gasteiger partial charge in [0.05, 0.1) is 5.41 Å². The van der Waals surface area contributed by atoms with Crippen LogP contribution < -0.4 is 0 Å². The smallest absolute Gasteiger partial charge is 0.164 e. The Labute approximate surface area is 357 Å². The summed E-state index contributed by atoms with van der Waals surface area (Å²) in [4.78, 5) is 20.0. The number of pyridine rings is 1. The molecule has 0 N–H and O–H groups in total. The van der Waals surface area contributed by atoms with E-state index in [1.54, 1.807) is 6.20 Å². The Morgan fingerprint density at radius 1 is 0.323 bits per heavy atom. The molecule has 8 aromatic carbocycles. The lowest BCUT2D eigenvalue weighted by atomic mass is 9.65.